The largest absolute Gasteiger partial charge is 0.374 e. The van der Waals surface area contributed by atoms with Crippen LogP contribution in [-0.2, 0) is 0 Å². The third-order valence-corrected chi connectivity index (χ3v) is 1.94. The van der Waals surface area contributed by atoms with Crippen LogP contribution in [0.5, 0.6) is 0 Å². The average molecular weight is 179 g/mol. The molecule has 1 atom stereocenters. The summed E-state index contributed by atoms with van der Waals surface area (Å²) in [6.07, 6.45) is 0.272. The molecule has 2 heteroatoms. The molecule has 0 aliphatic carbocycles. The number of anilines is 1. The van der Waals surface area contributed by atoms with Crippen LogP contribution in [0.1, 0.15) is 24.5 Å². The molecule has 0 bridgehead atoms. The van der Waals surface area contributed by atoms with E-state index in [-0.39, 0.29) is 0 Å². The number of aliphatic hydroxyl groups is 1. The molecule has 0 aliphatic heterocycles. The van der Waals surface area contributed by atoms with E-state index in [4.69, 9.17) is 0 Å². The van der Waals surface area contributed by atoms with E-state index < -0.39 is 6.23 Å². The van der Waals surface area contributed by atoms with Crippen molar-refractivity contribution >= 4 is 5.69 Å². The number of hydrogen-bond acceptors (Lipinski definition) is 2. The predicted octanol–water partition coefficient (Wildman–Crippen LogP) is 2.44. The maximum atomic E-state index is 9.38. The lowest BCUT2D eigenvalue weighted by Crippen LogP contribution is -2.16. The van der Waals surface area contributed by atoms with Crippen molar-refractivity contribution in [2.75, 3.05) is 5.32 Å². The number of rotatable bonds is 3. The molecule has 72 valence electrons. The highest BCUT2D eigenvalue weighted by molar-refractivity contribution is 5.48. The molecule has 0 aliphatic rings. The van der Waals surface area contributed by atoms with Gasteiger partial charge in [0.25, 0.3) is 0 Å². The van der Waals surface area contributed by atoms with Gasteiger partial charge in [0.1, 0.15) is 6.23 Å². The van der Waals surface area contributed by atoms with Gasteiger partial charge < -0.3 is 10.4 Å². The molecule has 2 nitrogen and oxygen atoms in total. The average Bonchev–Trinajstić information content (AvgIpc) is 2.02. The van der Waals surface area contributed by atoms with Crippen molar-refractivity contribution in [2.45, 2.75) is 33.4 Å². The van der Waals surface area contributed by atoms with Gasteiger partial charge in [-0.1, -0.05) is 13.0 Å². The molecular weight excluding hydrogens is 162 g/mol. The van der Waals surface area contributed by atoms with E-state index in [9.17, 15) is 5.11 Å². The lowest BCUT2D eigenvalue weighted by Gasteiger charge is -2.13. The molecule has 0 heterocycles. The first kappa shape index (κ1) is 10.1. The van der Waals surface area contributed by atoms with Gasteiger partial charge in [-0.05, 0) is 43.5 Å². The molecule has 1 rings (SSSR count). The van der Waals surface area contributed by atoms with Crippen LogP contribution in [0, 0.1) is 13.8 Å². The third-order valence-electron chi connectivity index (χ3n) is 1.94. The lowest BCUT2D eigenvalue weighted by atomic mass is 10.1. The summed E-state index contributed by atoms with van der Waals surface area (Å²) in [5, 5.41) is 12.4. The molecule has 0 saturated carbocycles. The first-order chi connectivity index (χ1) is 6.11. The SMILES string of the molecule is CCC(O)Nc1cc(C)cc(C)c1. The predicted molar refractivity (Wildman–Crippen MR) is 55.8 cm³/mol. The molecule has 1 aromatic carbocycles. The molecule has 0 amide bonds. The fraction of sp³-hybridized carbons (Fsp3) is 0.455. The van der Waals surface area contributed by atoms with Crippen molar-refractivity contribution in [3.63, 3.8) is 0 Å². The molecule has 1 aromatic rings. The van der Waals surface area contributed by atoms with Gasteiger partial charge in [-0.3, -0.25) is 0 Å². The van der Waals surface area contributed by atoms with Gasteiger partial charge in [-0.15, -0.1) is 0 Å². The zero-order valence-corrected chi connectivity index (χ0v) is 8.46. The third kappa shape index (κ3) is 3.07. The maximum Gasteiger partial charge on any atom is 0.124 e. The quantitative estimate of drug-likeness (QED) is 0.698. The summed E-state index contributed by atoms with van der Waals surface area (Å²) in [4.78, 5) is 0. The van der Waals surface area contributed by atoms with Crippen LogP contribution < -0.4 is 5.32 Å². The first-order valence-corrected chi connectivity index (χ1v) is 4.64. The normalized spacial score (nSPS) is 12.6. The molecular formula is C11H17NO. The van der Waals surface area contributed by atoms with Crippen molar-refractivity contribution in [2.24, 2.45) is 0 Å². The van der Waals surface area contributed by atoms with E-state index in [1.54, 1.807) is 0 Å². The minimum Gasteiger partial charge on any atom is -0.374 e. The van der Waals surface area contributed by atoms with E-state index in [0.717, 1.165) is 5.69 Å². The summed E-state index contributed by atoms with van der Waals surface area (Å²) in [5.74, 6) is 0. The van der Waals surface area contributed by atoms with Crippen molar-refractivity contribution in [1.82, 2.24) is 0 Å². The summed E-state index contributed by atoms with van der Waals surface area (Å²) in [7, 11) is 0. The van der Waals surface area contributed by atoms with Crippen LogP contribution in [0.2, 0.25) is 0 Å². The van der Waals surface area contributed by atoms with Crippen molar-refractivity contribution in [3.05, 3.63) is 29.3 Å². The van der Waals surface area contributed by atoms with Gasteiger partial charge in [0.15, 0.2) is 0 Å². The lowest BCUT2D eigenvalue weighted by molar-refractivity contribution is 0.199. The second kappa shape index (κ2) is 4.28. The Hall–Kier alpha value is -1.02. The molecule has 1 unspecified atom stereocenters. The molecule has 0 fully saturated rings. The maximum absolute atomic E-state index is 9.38. The van der Waals surface area contributed by atoms with Crippen molar-refractivity contribution < 1.29 is 5.11 Å². The number of benzene rings is 1. The standard InChI is InChI=1S/C11H17NO/c1-4-11(13)12-10-6-8(2)5-9(3)7-10/h5-7,11-13H,4H2,1-3H3. The Bertz CT molecular complexity index is 263. The fourth-order valence-corrected chi connectivity index (χ4v) is 1.35. The van der Waals surface area contributed by atoms with E-state index >= 15 is 0 Å². The second-order valence-corrected chi connectivity index (χ2v) is 3.44. The Morgan fingerprint density at radius 2 is 1.77 bits per heavy atom. The van der Waals surface area contributed by atoms with Gasteiger partial charge in [0.2, 0.25) is 0 Å². The van der Waals surface area contributed by atoms with Crippen LogP contribution >= 0.6 is 0 Å². The summed E-state index contributed by atoms with van der Waals surface area (Å²) in [6.45, 7) is 6.05. The van der Waals surface area contributed by atoms with Crippen LogP contribution in [-0.4, -0.2) is 11.3 Å². The zero-order valence-electron chi connectivity index (χ0n) is 8.46. The topological polar surface area (TPSA) is 32.3 Å². The molecule has 0 spiro atoms. The van der Waals surface area contributed by atoms with Gasteiger partial charge in [0.05, 0.1) is 0 Å². The number of aryl methyl sites for hydroxylation is 2. The van der Waals surface area contributed by atoms with Gasteiger partial charge in [0, 0.05) is 5.69 Å². The molecule has 2 N–H and O–H groups in total. The minimum absolute atomic E-state index is 0.443. The first-order valence-electron chi connectivity index (χ1n) is 4.64. The number of aliphatic hydroxyl groups excluding tert-OH is 1. The van der Waals surface area contributed by atoms with E-state index in [1.165, 1.54) is 11.1 Å². The highest BCUT2D eigenvalue weighted by atomic mass is 16.3. The van der Waals surface area contributed by atoms with Gasteiger partial charge >= 0.3 is 0 Å². The Morgan fingerprint density at radius 1 is 1.23 bits per heavy atom. The fourth-order valence-electron chi connectivity index (χ4n) is 1.35. The summed E-state index contributed by atoms with van der Waals surface area (Å²) in [5.41, 5.74) is 3.42. The molecule has 0 radical (unpaired) electrons. The Balaban J connectivity index is 2.77. The van der Waals surface area contributed by atoms with Crippen LogP contribution in [0.4, 0.5) is 5.69 Å². The highest BCUT2D eigenvalue weighted by Crippen LogP contribution is 2.14. The van der Waals surface area contributed by atoms with Crippen LogP contribution in [0.25, 0.3) is 0 Å². The van der Waals surface area contributed by atoms with Crippen molar-refractivity contribution in [1.29, 1.82) is 0 Å². The number of hydrogen-bond donors (Lipinski definition) is 2. The molecule has 13 heavy (non-hydrogen) atoms. The van der Waals surface area contributed by atoms with E-state index in [2.05, 4.69) is 25.2 Å². The smallest absolute Gasteiger partial charge is 0.124 e. The molecule has 0 aromatic heterocycles. The van der Waals surface area contributed by atoms with Crippen LogP contribution in [0.3, 0.4) is 0 Å². The zero-order chi connectivity index (χ0) is 9.84. The summed E-state index contributed by atoms with van der Waals surface area (Å²) in [6, 6.07) is 6.18. The Labute approximate surface area is 79.6 Å². The highest BCUT2D eigenvalue weighted by Gasteiger charge is 2.00. The van der Waals surface area contributed by atoms with Gasteiger partial charge in [-0.2, -0.15) is 0 Å². The monoisotopic (exact) mass is 179 g/mol. The van der Waals surface area contributed by atoms with Crippen molar-refractivity contribution in [3.8, 4) is 0 Å². The summed E-state index contributed by atoms with van der Waals surface area (Å²) < 4.78 is 0. The van der Waals surface area contributed by atoms with E-state index in [0.29, 0.717) is 6.42 Å². The van der Waals surface area contributed by atoms with E-state index in [1.807, 2.05) is 19.1 Å². The Kier molecular flexibility index (Phi) is 3.32. The minimum atomic E-state index is -0.443. The number of nitrogens with one attached hydrogen (secondary N) is 1. The van der Waals surface area contributed by atoms with Crippen LogP contribution in [0.15, 0.2) is 18.2 Å². The van der Waals surface area contributed by atoms with Gasteiger partial charge in [-0.25, -0.2) is 0 Å². The second-order valence-electron chi connectivity index (χ2n) is 3.44. The Morgan fingerprint density at radius 3 is 2.23 bits per heavy atom. The summed E-state index contributed by atoms with van der Waals surface area (Å²) >= 11 is 0. The molecule has 0 saturated heterocycles.